The van der Waals surface area contributed by atoms with E-state index in [1.165, 1.54) is 11.1 Å². The van der Waals surface area contributed by atoms with Crippen LogP contribution >= 0.6 is 0 Å². The Morgan fingerprint density at radius 1 is 1.35 bits per heavy atom. The molecule has 0 bridgehead atoms. The van der Waals surface area contributed by atoms with Gasteiger partial charge in [-0.2, -0.15) is 4.98 Å². The third kappa shape index (κ3) is 4.88. The van der Waals surface area contributed by atoms with Crippen molar-refractivity contribution < 1.29 is 34.7 Å². The standard InChI is InChI=1S/C19H28N4O8/c1-19(2,3)23(18(28)29)4-5-30-9-11-6-10-7-22(17(27)21-15(10)20-11)16-14(26)13(25)12(8-24)31-16/h6-7,12-14,16,24-26H,4-5,8-9H2,1-3H3,(H,28,29)(H,20,21,27)/t12-,13-,14-,16+/m1/s1. The molecule has 0 spiro atoms. The number of amides is 1. The average molecular weight is 440 g/mol. The second-order valence-electron chi connectivity index (χ2n) is 8.42. The number of nitrogens with zero attached hydrogens (tertiary/aromatic N) is 3. The SMILES string of the molecule is CC(C)(C)N(CCOCc1cc2cn([C@H]3O[C@H](CO)[C@@H](O)[C@H]3O)c(=O)nc2[nH]1)C(=O)O. The van der Waals surface area contributed by atoms with Crippen molar-refractivity contribution in [2.24, 2.45) is 0 Å². The van der Waals surface area contributed by atoms with Gasteiger partial charge in [0.05, 0.1) is 19.8 Å². The van der Waals surface area contributed by atoms with E-state index < -0.39 is 48.5 Å². The number of hydrogen-bond acceptors (Lipinski definition) is 8. The highest BCUT2D eigenvalue weighted by Gasteiger charge is 2.43. The number of rotatable bonds is 7. The summed E-state index contributed by atoms with van der Waals surface area (Å²) in [6, 6.07) is 1.71. The fraction of sp³-hybridized carbons (Fsp3) is 0.632. The number of carboxylic acid groups (broad SMARTS) is 1. The predicted molar refractivity (Wildman–Crippen MR) is 108 cm³/mol. The summed E-state index contributed by atoms with van der Waals surface area (Å²) in [5.41, 5.74) is -0.306. The molecule has 1 aliphatic heterocycles. The number of hydrogen-bond donors (Lipinski definition) is 5. The van der Waals surface area contributed by atoms with E-state index >= 15 is 0 Å². The maximum Gasteiger partial charge on any atom is 0.407 e. The van der Waals surface area contributed by atoms with Crippen molar-refractivity contribution in [2.45, 2.75) is 57.5 Å². The van der Waals surface area contributed by atoms with Crippen LogP contribution in [0.4, 0.5) is 4.79 Å². The molecule has 1 saturated heterocycles. The molecule has 0 aliphatic carbocycles. The maximum absolute atomic E-state index is 12.4. The largest absolute Gasteiger partial charge is 0.465 e. The van der Waals surface area contributed by atoms with Crippen molar-refractivity contribution >= 4 is 17.1 Å². The van der Waals surface area contributed by atoms with Crippen molar-refractivity contribution in [2.75, 3.05) is 19.8 Å². The van der Waals surface area contributed by atoms with Crippen molar-refractivity contribution in [1.29, 1.82) is 0 Å². The van der Waals surface area contributed by atoms with Gasteiger partial charge >= 0.3 is 11.8 Å². The number of ether oxygens (including phenoxy) is 2. The van der Waals surface area contributed by atoms with Gasteiger partial charge in [-0.05, 0) is 26.8 Å². The summed E-state index contributed by atoms with van der Waals surface area (Å²) >= 11 is 0. The van der Waals surface area contributed by atoms with Gasteiger partial charge in [0.25, 0.3) is 0 Å². The number of fused-ring (bicyclic) bond motifs is 1. The van der Waals surface area contributed by atoms with E-state index in [1.54, 1.807) is 26.8 Å². The zero-order chi connectivity index (χ0) is 22.9. The van der Waals surface area contributed by atoms with Crippen LogP contribution in [-0.4, -0.2) is 89.6 Å². The summed E-state index contributed by atoms with van der Waals surface area (Å²) in [6.45, 7) is 5.43. The normalized spacial score (nSPS) is 24.1. The number of aromatic amines is 1. The van der Waals surface area contributed by atoms with E-state index in [0.717, 1.165) is 4.57 Å². The van der Waals surface area contributed by atoms with E-state index in [4.69, 9.17) is 9.47 Å². The van der Waals surface area contributed by atoms with Crippen LogP contribution in [0.25, 0.3) is 11.0 Å². The summed E-state index contributed by atoms with van der Waals surface area (Å²) < 4.78 is 12.0. The molecule has 12 heteroatoms. The molecule has 172 valence electrons. The van der Waals surface area contributed by atoms with Crippen LogP contribution in [0.15, 0.2) is 17.1 Å². The summed E-state index contributed by atoms with van der Waals surface area (Å²) in [5.74, 6) is 0. The smallest absolute Gasteiger partial charge is 0.407 e. The highest BCUT2D eigenvalue weighted by atomic mass is 16.6. The van der Waals surface area contributed by atoms with Gasteiger partial charge in [-0.25, -0.2) is 9.59 Å². The van der Waals surface area contributed by atoms with Crippen LogP contribution < -0.4 is 5.69 Å². The Balaban J connectivity index is 1.68. The van der Waals surface area contributed by atoms with Gasteiger partial charge in [0.1, 0.15) is 24.0 Å². The van der Waals surface area contributed by atoms with Crippen LogP contribution in [0.3, 0.4) is 0 Å². The third-order valence-electron chi connectivity index (χ3n) is 5.14. The summed E-state index contributed by atoms with van der Waals surface area (Å²) in [4.78, 5) is 31.9. The topological polar surface area (TPSA) is 170 Å². The van der Waals surface area contributed by atoms with E-state index in [-0.39, 0.29) is 19.8 Å². The minimum Gasteiger partial charge on any atom is -0.465 e. The fourth-order valence-corrected chi connectivity index (χ4v) is 3.49. The number of nitrogens with one attached hydrogen (secondary N) is 1. The molecule has 1 amide bonds. The molecule has 4 atom stereocenters. The first-order valence-electron chi connectivity index (χ1n) is 9.84. The predicted octanol–water partition coefficient (Wildman–Crippen LogP) is -0.369. The van der Waals surface area contributed by atoms with Crippen molar-refractivity contribution in [3.8, 4) is 0 Å². The number of aliphatic hydroxyl groups excluding tert-OH is 3. The summed E-state index contributed by atoms with van der Waals surface area (Å²) in [5, 5.41) is 39.1. The third-order valence-corrected chi connectivity index (χ3v) is 5.14. The Morgan fingerprint density at radius 2 is 2.06 bits per heavy atom. The lowest BCUT2D eigenvalue weighted by molar-refractivity contribution is -0.0547. The van der Waals surface area contributed by atoms with Gasteiger partial charge in [-0.1, -0.05) is 0 Å². The fourth-order valence-electron chi connectivity index (χ4n) is 3.49. The highest BCUT2D eigenvalue weighted by molar-refractivity contribution is 5.75. The van der Waals surface area contributed by atoms with Crippen molar-refractivity contribution in [1.82, 2.24) is 19.4 Å². The molecule has 2 aromatic rings. The second kappa shape index (κ2) is 8.93. The Labute approximate surface area is 177 Å². The zero-order valence-corrected chi connectivity index (χ0v) is 17.6. The van der Waals surface area contributed by atoms with Gasteiger partial charge in [0, 0.05) is 29.4 Å². The maximum atomic E-state index is 12.4. The first-order valence-corrected chi connectivity index (χ1v) is 9.84. The average Bonchev–Trinajstić information content (AvgIpc) is 3.19. The molecule has 12 nitrogen and oxygen atoms in total. The molecule has 0 unspecified atom stereocenters. The van der Waals surface area contributed by atoms with Crippen molar-refractivity contribution in [3.05, 3.63) is 28.4 Å². The van der Waals surface area contributed by atoms with Crippen molar-refractivity contribution in [3.63, 3.8) is 0 Å². The number of aromatic nitrogens is 3. The molecule has 1 aliphatic rings. The molecule has 1 fully saturated rings. The molecule has 3 rings (SSSR count). The highest BCUT2D eigenvalue weighted by Crippen LogP contribution is 2.28. The van der Waals surface area contributed by atoms with Gasteiger partial charge in [-0.15, -0.1) is 0 Å². The zero-order valence-electron chi connectivity index (χ0n) is 17.6. The minimum absolute atomic E-state index is 0.149. The van der Waals surface area contributed by atoms with Gasteiger partial charge in [0.2, 0.25) is 0 Å². The Morgan fingerprint density at radius 3 is 2.65 bits per heavy atom. The lowest BCUT2D eigenvalue weighted by atomic mass is 10.1. The lowest BCUT2D eigenvalue weighted by Crippen LogP contribution is -2.46. The van der Waals surface area contributed by atoms with Crippen LogP contribution in [0.5, 0.6) is 0 Å². The first-order chi connectivity index (χ1) is 14.5. The minimum atomic E-state index is -1.39. The monoisotopic (exact) mass is 440 g/mol. The van der Waals surface area contributed by atoms with Crippen LogP contribution in [0.2, 0.25) is 0 Å². The van der Waals surface area contributed by atoms with E-state index in [2.05, 4.69) is 9.97 Å². The van der Waals surface area contributed by atoms with E-state index in [1.807, 2.05) is 0 Å². The van der Waals surface area contributed by atoms with E-state index in [0.29, 0.717) is 16.7 Å². The van der Waals surface area contributed by atoms with Gasteiger partial charge in [0.15, 0.2) is 6.23 Å². The van der Waals surface area contributed by atoms with Gasteiger partial charge in [-0.3, -0.25) is 4.57 Å². The van der Waals surface area contributed by atoms with E-state index in [9.17, 15) is 30.0 Å². The molecule has 5 N–H and O–H groups in total. The lowest BCUT2D eigenvalue weighted by Gasteiger charge is -2.32. The Bertz CT molecular complexity index is 981. The molecule has 31 heavy (non-hydrogen) atoms. The molecular formula is C19H28N4O8. The second-order valence-corrected chi connectivity index (χ2v) is 8.42. The number of carbonyl (C=O) groups is 1. The van der Waals surface area contributed by atoms with Crippen LogP contribution in [0, 0.1) is 0 Å². The Kier molecular flexibility index (Phi) is 6.67. The first kappa shape index (κ1) is 23.2. The molecule has 3 heterocycles. The molecule has 0 aromatic carbocycles. The summed E-state index contributed by atoms with van der Waals surface area (Å²) in [7, 11) is 0. The molecular weight excluding hydrogens is 412 g/mol. The van der Waals surface area contributed by atoms with Crippen LogP contribution in [-0.2, 0) is 16.1 Å². The van der Waals surface area contributed by atoms with Crippen LogP contribution in [0.1, 0.15) is 32.7 Å². The number of aliphatic hydroxyl groups is 3. The molecule has 2 aromatic heterocycles. The molecule has 0 radical (unpaired) electrons. The molecule has 0 saturated carbocycles. The van der Waals surface area contributed by atoms with Gasteiger partial charge < -0.3 is 39.8 Å². The number of H-pyrrole nitrogens is 1. The summed E-state index contributed by atoms with van der Waals surface area (Å²) in [6.07, 6.45) is -4.48. The quantitative estimate of drug-likeness (QED) is 0.360. The Hall–Kier alpha value is -2.51.